The molecule has 1 amide bonds. The molecule has 2 rings (SSSR count). The smallest absolute Gasteiger partial charge is 0.231 e. The van der Waals surface area contributed by atoms with E-state index in [1.165, 1.54) is 11.3 Å². The van der Waals surface area contributed by atoms with E-state index < -0.39 is 0 Å². The molecule has 0 bridgehead atoms. The van der Waals surface area contributed by atoms with Crippen LogP contribution in [0.1, 0.15) is 20.2 Å². The van der Waals surface area contributed by atoms with Gasteiger partial charge in [-0.1, -0.05) is 33.3 Å². The second-order valence-corrected chi connectivity index (χ2v) is 6.39. The Morgan fingerprint density at radius 3 is 2.89 bits per heavy atom. The number of aromatic nitrogens is 1. The number of nitrogens with one attached hydrogen (secondary N) is 1. The SMILES string of the molecule is Cc1nc(NC(=O)Cc2cccs2)sc1C(=O)CBr. The number of anilines is 1. The molecular formula is C12H11BrN2O2S2. The molecule has 0 aromatic carbocycles. The minimum atomic E-state index is -0.117. The van der Waals surface area contributed by atoms with Crippen molar-refractivity contribution in [2.45, 2.75) is 13.3 Å². The van der Waals surface area contributed by atoms with Gasteiger partial charge in [0.25, 0.3) is 0 Å². The lowest BCUT2D eigenvalue weighted by Gasteiger charge is -1.98. The minimum absolute atomic E-state index is 0.0197. The lowest BCUT2D eigenvalue weighted by Crippen LogP contribution is -2.13. The van der Waals surface area contributed by atoms with Gasteiger partial charge in [-0.05, 0) is 18.4 Å². The third kappa shape index (κ3) is 3.71. The van der Waals surface area contributed by atoms with Crippen LogP contribution in [0, 0.1) is 6.92 Å². The quantitative estimate of drug-likeness (QED) is 0.659. The molecule has 0 unspecified atom stereocenters. The fourth-order valence-electron chi connectivity index (χ4n) is 1.50. The summed E-state index contributed by atoms with van der Waals surface area (Å²) >= 11 is 5.88. The van der Waals surface area contributed by atoms with Gasteiger partial charge < -0.3 is 5.32 Å². The molecule has 0 spiro atoms. The van der Waals surface area contributed by atoms with Gasteiger partial charge in [-0.3, -0.25) is 9.59 Å². The second kappa shape index (κ2) is 6.40. The van der Waals surface area contributed by atoms with Crippen LogP contribution in [-0.2, 0) is 11.2 Å². The molecule has 0 saturated carbocycles. The molecule has 2 aromatic rings. The van der Waals surface area contributed by atoms with Gasteiger partial charge in [0, 0.05) is 4.88 Å². The maximum atomic E-state index is 11.8. The van der Waals surface area contributed by atoms with E-state index in [2.05, 4.69) is 26.2 Å². The van der Waals surface area contributed by atoms with Crippen molar-refractivity contribution in [1.29, 1.82) is 0 Å². The predicted molar refractivity (Wildman–Crippen MR) is 81.6 cm³/mol. The van der Waals surface area contributed by atoms with Gasteiger partial charge in [0.15, 0.2) is 10.9 Å². The Bertz CT molecular complexity index is 593. The Hall–Kier alpha value is -1.05. The number of halogens is 1. The molecule has 2 heterocycles. The first-order chi connectivity index (χ1) is 9.10. The van der Waals surface area contributed by atoms with Gasteiger partial charge in [-0.25, -0.2) is 4.98 Å². The Balaban J connectivity index is 2.03. The number of amides is 1. The third-order valence-corrected chi connectivity index (χ3v) is 4.83. The molecule has 7 heteroatoms. The molecule has 0 aliphatic rings. The number of hydrogen-bond donors (Lipinski definition) is 1. The summed E-state index contributed by atoms with van der Waals surface area (Å²) in [6.45, 7) is 1.77. The van der Waals surface area contributed by atoms with E-state index in [4.69, 9.17) is 0 Å². The Labute approximate surface area is 127 Å². The van der Waals surface area contributed by atoms with Gasteiger partial charge in [-0.15, -0.1) is 11.3 Å². The molecule has 100 valence electrons. The molecule has 0 radical (unpaired) electrons. The van der Waals surface area contributed by atoms with Crippen LogP contribution in [0.15, 0.2) is 17.5 Å². The van der Waals surface area contributed by atoms with Crippen LogP contribution in [0.2, 0.25) is 0 Å². The zero-order valence-electron chi connectivity index (χ0n) is 10.1. The van der Waals surface area contributed by atoms with Crippen LogP contribution in [0.25, 0.3) is 0 Å². The maximum Gasteiger partial charge on any atom is 0.231 e. The zero-order chi connectivity index (χ0) is 13.8. The topological polar surface area (TPSA) is 59.1 Å². The Morgan fingerprint density at radius 2 is 2.26 bits per heavy atom. The predicted octanol–water partition coefficient (Wildman–Crippen LogP) is 3.27. The highest BCUT2D eigenvalue weighted by atomic mass is 79.9. The number of Topliss-reactive ketones (excluding diaryl/α,β-unsaturated/α-hetero) is 1. The first-order valence-corrected chi connectivity index (χ1v) is 8.30. The average Bonchev–Trinajstić information content (AvgIpc) is 2.98. The number of aryl methyl sites for hydroxylation is 1. The van der Waals surface area contributed by atoms with Gasteiger partial charge in [0.05, 0.1) is 22.3 Å². The van der Waals surface area contributed by atoms with Crippen molar-refractivity contribution in [3.8, 4) is 0 Å². The highest BCUT2D eigenvalue weighted by Crippen LogP contribution is 2.23. The lowest BCUT2D eigenvalue weighted by atomic mass is 10.3. The van der Waals surface area contributed by atoms with Crippen molar-refractivity contribution in [2.75, 3.05) is 10.6 Å². The standard InChI is InChI=1S/C12H11BrN2O2S2/c1-7-11(9(16)6-13)19-12(14-7)15-10(17)5-8-3-2-4-18-8/h2-4H,5-6H2,1H3,(H,14,15,17). The highest BCUT2D eigenvalue weighted by molar-refractivity contribution is 9.09. The number of alkyl halides is 1. The first kappa shape index (κ1) is 14.4. The number of rotatable bonds is 5. The maximum absolute atomic E-state index is 11.8. The number of carbonyl (C=O) groups is 2. The molecule has 19 heavy (non-hydrogen) atoms. The molecule has 0 fully saturated rings. The largest absolute Gasteiger partial charge is 0.302 e. The van der Waals surface area contributed by atoms with Crippen molar-refractivity contribution in [1.82, 2.24) is 4.98 Å². The van der Waals surface area contributed by atoms with Crippen LogP contribution in [0.5, 0.6) is 0 Å². The number of ketones is 1. The zero-order valence-corrected chi connectivity index (χ0v) is 13.3. The third-order valence-electron chi connectivity index (χ3n) is 2.33. The van der Waals surface area contributed by atoms with Crippen LogP contribution < -0.4 is 5.32 Å². The number of hydrogen-bond acceptors (Lipinski definition) is 5. The van der Waals surface area contributed by atoms with E-state index in [-0.39, 0.29) is 17.0 Å². The average molecular weight is 359 g/mol. The monoisotopic (exact) mass is 358 g/mol. The number of carbonyl (C=O) groups excluding carboxylic acids is 2. The molecule has 0 saturated heterocycles. The molecule has 1 N–H and O–H groups in total. The summed E-state index contributed by atoms with van der Waals surface area (Å²) in [4.78, 5) is 29.2. The van der Waals surface area contributed by atoms with Crippen molar-refractivity contribution in [2.24, 2.45) is 0 Å². The van der Waals surface area contributed by atoms with Gasteiger partial charge in [0.1, 0.15) is 0 Å². The molecular weight excluding hydrogens is 348 g/mol. The normalized spacial score (nSPS) is 10.4. The van der Waals surface area contributed by atoms with Crippen LogP contribution in [0.3, 0.4) is 0 Å². The summed E-state index contributed by atoms with van der Waals surface area (Å²) < 4.78 is 0. The minimum Gasteiger partial charge on any atom is -0.302 e. The van der Waals surface area contributed by atoms with E-state index >= 15 is 0 Å². The summed E-state index contributed by atoms with van der Waals surface area (Å²) in [5.41, 5.74) is 0.654. The molecule has 0 atom stereocenters. The van der Waals surface area contributed by atoms with E-state index in [0.29, 0.717) is 22.1 Å². The number of nitrogens with zero attached hydrogens (tertiary/aromatic N) is 1. The van der Waals surface area contributed by atoms with Crippen LogP contribution in [-0.4, -0.2) is 22.0 Å². The second-order valence-electron chi connectivity index (χ2n) is 3.79. The van der Waals surface area contributed by atoms with Crippen LogP contribution in [0.4, 0.5) is 5.13 Å². The summed E-state index contributed by atoms with van der Waals surface area (Å²) in [6.07, 6.45) is 0.331. The molecule has 4 nitrogen and oxygen atoms in total. The summed E-state index contributed by atoms with van der Waals surface area (Å²) in [6, 6.07) is 3.82. The van der Waals surface area contributed by atoms with Crippen molar-refractivity contribution >= 4 is 55.4 Å². The van der Waals surface area contributed by atoms with Gasteiger partial charge in [0.2, 0.25) is 5.91 Å². The molecule has 0 aliphatic heterocycles. The fraction of sp³-hybridized carbons (Fsp3) is 0.250. The van der Waals surface area contributed by atoms with E-state index in [9.17, 15) is 9.59 Å². The number of thiazole rings is 1. The molecule has 2 aromatic heterocycles. The van der Waals surface area contributed by atoms with Crippen molar-refractivity contribution in [3.05, 3.63) is 33.0 Å². The number of thiophene rings is 1. The van der Waals surface area contributed by atoms with Gasteiger partial charge in [-0.2, -0.15) is 0 Å². The summed E-state index contributed by atoms with van der Waals surface area (Å²) in [7, 11) is 0. The fourth-order valence-corrected chi connectivity index (χ4v) is 3.59. The summed E-state index contributed by atoms with van der Waals surface area (Å²) in [5.74, 6) is -0.136. The Morgan fingerprint density at radius 1 is 1.47 bits per heavy atom. The molecule has 0 aliphatic carbocycles. The van der Waals surface area contributed by atoms with Crippen LogP contribution >= 0.6 is 38.6 Å². The highest BCUT2D eigenvalue weighted by Gasteiger charge is 2.15. The lowest BCUT2D eigenvalue weighted by molar-refractivity contribution is -0.115. The van der Waals surface area contributed by atoms with E-state index in [1.54, 1.807) is 18.3 Å². The van der Waals surface area contributed by atoms with E-state index in [0.717, 1.165) is 4.88 Å². The van der Waals surface area contributed by atoms with Gasteiger partial charge >= 0.3 is 0 Å². The Kier molecular flexibility index (Phi) is 4.84. The van der Waals surface area contributed by atoms with E-state index in [1.807, 2.05) is 17.5 Å². The van der Waals surface area contributed by atoms with Crippen molar-refractivity contribution < 1.29 is 9.59 Å². The summed E-state index contributed by atoms with van der Waals surface area (Å²) in [5, 5.41) is 5.40. The van der Waals surface area contributed by atoms with Crippen molar-refractivity contribution in [3.63, 3.8) is 0 Å². The first-order valence-electron chi connectivity index (χ1n) is 5.49.